The first kappa shape index (κ1) is 17.7. The predicted octanol–water partition coefficient (Wildman–Crippen LogP) is 4.30. The molecule has 0 radical (unpaired) electrons. The molecular formula is C20H18FNO4. The minimum atomic E-state index is -0.386. The first-order valence-corrected chi connectivity index (χ1v) is 8.15. The second-order valence-corrected chi connectivity index (χ2v) is 5.72. The van der Waals surface area contributed by atoms with Gasteiger partial charge in [-0.05, 0) is 43.3 Å². The SMILES string of the molecule is Cc1ccc(OCCC(=O)OCc2coc(-c3ccc(F)cc3)n2)cc1. The van der Waals surface area contributed by atoms with Gasteiger partial charge in [0, 0.05) is 5.56 Å². The summed E-state index contributed by atoms with van der Waals surface area (Å²) in [5.41, 5.74) is 2.27. The molecule has 0 saturated heterocycles. The van der Waals surface area contributed by atoms with E-state index < -0.39 is 0 Å². The van der Waals surface area contributed by atoms with Crippen LogP contribution in [0.1, 0.15) is 17.7 Å². The summed E-state index contributed by atoms with van der Waals surface area (Å²) >= 11 is 0. The Labute approximate surface area is 150 Å². The van der Waals surface area contributed by atoms with E-state index in [9.17, 15) is 9.18 Å². The van der Waals surface area contributed by atoms with E-state index in [1.54, 1.807) is 12.1 Å². The number of esters is 1. The van der Waals surface area contributed by atoms with Crippen molar-refractivity contribution in [1.82, 2.24) is 4.98 Å². The van der Waals surface area contributed by atoms with Crippen LogP contribution in [0.25, 0.3) is 11.5 Å². The average Bonchev–Trinajstić information content (AvgIpc) is 3.11. The summed E-state index contributed by atoms with van der Waals surface area (Å²) in [5, 5.41) is 0. The minimum Gasteiger partial charge on any atom is -0.493 e. The molecule has 2 aromatic carbocycles. The molecular weight excluding hydrogens is 337 g/mol. The van der Waals surface area contributed by atoms with Crippen LogP contribution < -0.4 is 4.74 Å². The van der Waals surface area contributed by atoms with E-state index in [0.29, 0.717) is 22.9 Å². The highest BCUT2D eigenvalue weighted by atomic mass is 19.1. The maximum Gasteiger partial charge on any atom is 0.309 e. The van der Waals surface area contributed by atoms with Gasteiger partial charge in [0.05, 0.1) is 13.0 Å². The third kappa shape index (κ3) is 4.92. The molecule has 0 aliphatic rings. The van der Waals surface area contributed by atoms with Crippen molar-refractivity contribution < 1.29 is 23.1 Å². The van der Waals surface area contributed by atoms with Gasteiger partial charge in [0.1, 0.15) is 30.1 Å². The molecule has 1 aromatic heterocycles. The standard InChI is InChI=1S/C20H18FNO4/c1-14-2-8-18(9-3-14)24-11-10-19(23)25-12-17-13-26-20(22-17)15-4-6-16(21)7-5-15/h2-9,13H,10-12H2,1H3. The van der Waals surface area contributed by atoms with Crippen LogP contribution in [-0.4, -0.2) is 17.6 Å². The Morgan fingerprint density at radius 2 is 1.85 bits per heavy atom. The number of hydrogen-bond acceptors (Lipinski definition) is 5. The summed E-state index contributed by atoms with van der Waals surface area (Å²) in [6.45, 7) is 2.24. The molecule has 0 saturated carbocycles. The third-order valence-corrected chi connectivity index (χ3v) is 3.62. The van der Waals surface area contributed by atoms with E-state index in [0.717, 1.165) is 5.56 Å². The van der Waals surface area contributed by atoms with Gasteiger partial charge in [-0.2, -0.15) is 0 Å². The molecule has 3 aromatic rings. The smallest absolute Gasteiger partial charge is 0.309 e. The Morgan fingerprint density at radius 1 is 1.12 bits per heavy atom. The largest absolute Gasteiger partial charge is 0.493 e. The number of carbonyl (C=O) groups excluding carboxylic acids is 1. The minimum absolute atomic E-state index is 0.00800. The van der Waals surface area contributed by atoms with Crippen molar-refractivity contribution in [1.29, 1.82) is 0 Å². The molecule has 1 heterocycles. The lowest BCUT2D eigenvalue weighted by atomic mass is 10.2. The monoisotopic (exact) mass is 355 g/mol. The number of oxazole rings is 1. The number of aromatic nitrogens is 1. The van der Waals surface area contributed by atoms with Gasteiger partial charge in [-0.25, -0.2) is 9.37 Å². The molecule has 0 N–H and O–H groups in total. The van der Waals surface area contributed by atoms with Gasteiger partial charge < -0.3 is 13.9 Å². The molecule has 0 amide bonds. The lowest BCUT2D eigenvalue weighted by molar-refractivity contribution is -0.145. The number of aryl methyl sites for hydroxylation is 1. The highest BCUT2D eigenvalue weighted by molar-refractivity contribution is 5.69. The molecule has 0 fully saturated rings. The zero-order chi connectivity index (χ0) is 18.4. The molecule has 0 atom stereocenters. The second kappa shape index (κ2) is 8.29. The molecule has 6 heteroatoms. The van der Waals surface area contributed by atoms with Crippen LogP contribution in [0.15, 0.2) is 59.2 Å². The van der Waals surface area contributed by atoms with Crippen LogP contribution >= 0.6 is 0 Å². The molecule has 26 heavy (non-hydrogen) atoms. The van der Waals surface area contributed by atoms with Crippen LogP contribution in [0.3, 0.4) is 0 Å². The van der Waals surface area contributed by atoms with Crippen LogP contribution in [0, 0.1) is 12.7 Å². The van der Waals surface area contributed by atoms with E-state index in [1.165, 1.54) is 18.4 Å². The van der Waals surface area contributed by atoms with Crippen molar-refractivity contribution in [2.24, 2.45) is 0 Å². The van der Waals surface area contributed by atoms with Gasteiger partial charge >= 0.3 is 5.97 Å². The van der Waals surface area contributed by atoms with E-state index >= 15 is 0 Å². The summed E-state index contributed by atoms with van der Waals surface area (Å²) in [6.07, 6.45) is 1.55. The Kier molecular flexibility index (Phi) is 5.63. The molecule has 0 aliphatic carbocycles. The highest BCUT2D eigenvalue weighted by Crippen LogP contribution is 2.19. The number of hydrogen-bond donors (Lipinski definition) is 0. The Balaban J connectivity index is 1.43. The number of halogens is 1. The number of benzene rings is 2. The lowest BCUT2D eigenvalue weighted by Gasteiger charge is -2.06. The number of nitrogens with zero attached hydrogens (tertiary/aromatic N) is 1. The molecule has 134 valence electrons. The van der Waals surface area contributed by atoms with E-state index in [-0.39, 0.29) is 31.4 Å². The second-order valence-electron chi connectivity index (χ2n) is 5.72. The maximum absolute atomic E-state index is 12.9. The number of rotatable bonds is 7. The fourth-order valence-electron chi connectivity index (χ4n) is 2.21. The zero-order valence-corrected chi connectivity index (χ0v) is 14.3. The van der Waals surface area contributed by atoms with Crippen LogP contribution in [0.4, 0.5) is 4.39 Å². The van der Waals surface area contributed by atoms with Crippen molar-refractivity contribution in [3.8, 4) is 17.2 Å². The first-order valence-electron chi connectivity index (χ1n) is 8.15. The van der Waals surface area contributed by atoms with Gasteiger partial charge in [0.2, 0.25) is 5.89 Å². The molecule has 3 rings (SSSR count). The molecule has 0 unspecified atom stereocenters. The fourth-order valence-corrected chi connectivity index (χ4v) is 2.21. The Morgan fingerprint density at radius 3 is 2.58 bits per heavy atom. The van der Waals surface area contributed by atoms with E-state index in [2.05, 4.69) is 4.98 Å². The van der Waals surface area contributed by atoms with Crippen molar-refractivity contribution in [3.05, 3.63) is 71.9 Å². The average molecular weight is 355 g/mol. The number of carbonyl (C=O) groups is 1. The van der Waals surface area contributed by atoms with Crippen molar-refractivity contribution in [3.63, 3.8) is 0 Å². The quantitative estimate of drug-likeness (QED) is 0.591. The van der Waals surface area contributed by atoms with Crippen molar-refractivity contribution >= 4 is 5.97 Å². The summed E-state index contributed by atoms with van der Waals surface area (Å²) in [5.74, 6) is 0.341. The molecule has 0 bridgehead atoms. The van der Waals surface area contributed by atoms with Crippen LogP contribution in [-0.2, 0) is 16.1 Å². The van der Waals surface area contributed by atoms with Crippen molar-refractivity contribution in [2.75, 3.05) is 6.61 Å². The van der Waals surface area contributed by atoms with Crippen LogP contribution in [0.5, 0.6) is 5.75 Å². The summed E-state index contributed by atoms with van der Waals surface area (Å²) < 4.78 is 28.9. The summed E-state index contributed by atoms with van der Waals surface area (Å²) in [7, 11) is 0. The lowest BCUT2D eigenvalue weighted by Crippen LogP contribution is -2.10. The highest BCUT2D eigenvalue weighted by Gasteiger charge is 2.10. The molecule has 0 aliphatic heterocycles. The maximum atomic E-state index is 12.9. The normalized spacial score (nSPS) is 10.5. The van der Waals surface area contributed by atoms with Gasteiger partial charge in [-0.15, -0.1) is 0 Å². The zero-order valence-electron chi connectivity index (χ0n) is 14.3. The van der Waals surface area contributed by atoms with Gasteiger partial charge in [-0.1, -0.05) is 17.7 Å². The summed E-state index contributed by atoms with van der Waals surface area (Å²) in [6, 6.07) is 13.4. The predicted molar refractivity (Wildman–Crippen MR) is 93.0 cm³/mol. The third-order valence-electron chi connectivity index (χ3n) is 3.62. The molecule has 0 spiro atoms. The fraction of sp³-hybridized carbons (Fsp3) is 0.200. The Bertz CT molecular complexity index is 856. The van der Waals surface area contributed by atoms with Gasteiger partial charge in [0.25, 0.3) is 0 Å². The number of ether oxygens (including phenoxy) is 2. The van der Waals surface area contributed by atoms with Crippen molar-refractivity contribution in [2.45, 2.75) is 20.0 Å². The van der Waals surface area contributed by atoms with Gasteiger partial charge in [-0.3, -0.25) is 4.79 Å². The topological polar surface area (TPSA) is 61.6 Å². The van der Waals surface area contributed by atoms with E-state index in [4.69, 9.17) is 13.9 Å². The van der Waals surface area contributed by atoms with Crippen LogP contribution in [0.2, 0.25) is 0 Å². The Hall–Kier alpha value is -3.15. The van der Waals surface area contributed by atoms with Gasteiger partial charge in [0.15, 0.2) is 0 Å². The molecule has 5 nitrogen and oxygen atoms in total. The first-order chi connectivity index (χ1) is 12.6. The summed E-state index contributed by atoms with van der Waals surface area (Å²) in [4.78, 5) is 16.0. The van der Waals surface area contributed by atoms with E-state index in [1.807, 2.05) is 31.2 Å².